The zero-order valence-corrected chi connectivity index (χ0v) is 11.9. The van der Waals surface area contributed by atoms with E-state index in [9.17, 15) is 0 Å². The molecule has 0 heterocycles. The SMILES string of the molecule is COc1ccccc1C(NN)C1CCCCCCC1. The number of methoxy groups -OCH3 is 1. The molecule has 0 spiro atoms. The highest BCUT2D eigenvalue weighted by Gasteiger charge is 2.24. The van der Waals surface area contributed by atoms with E-state index >= 15 is 0 Å². The zero-order chi connectivity index (χ0) is 13.5. The molecule has 3 heteroatoms. The van der Waals surface area contributed by atoms with Gasteiger partial charge in [-0.15, -0.1) is 0 Å². The van der Waals surface area contributed by atoms with E-state index in [4.69, 9.17) is 10.6 Å². The van der Waals surface area contributed by atoms with Crippen molar-refractivity contribution in [1.29, 1.82) is 0 Å². The van der Waals surface area contributed by atoms with E-state index in [1.807, 2.05) is 12.1 Å². The molecule has 1 unspecified atom stereocenters. The van der Waals surface area contributed by atoms with Crippen molar-refractivity contribution in [2.45, 2.75) is 51.0 Å². The van der Waals surface area contributed by atoms with Crippen molar-refractivity contribution in [1.82, 2.24) is 5.43 Å². The van der Waals surface area contributed by atoms with E-state index < -0.39 is 0 Å². The van der Waals surface area contributed by atoms with Crippen molar-refractivity contribution >= 4 is 0 Å². The maximum Gasteiger partial charge on any atom is 0.123 e. The minimum Gasteiger partial charge on any atom is -0.496 e. The van der Waals surface area contributed by atoms with Gasteiger partial charge in [0.25, 0.3) is 0 Å². The van der Waals surface area contributed by atoms with Gasteiger partial charge in [-0.05, 0) is 24.8 Å². The quantitative estimate of drug-likeness (QED) is 0.644. The van der Waals surface area contributed by atoms with Crippen molar-refractivity contribution in [3.63, 3.8) is 0 Å². The van der Waals surface area contributed by atoms with Gasteiger partial charge in [-0.25, -0.2) is 0 Å². The zero-order valence-electron chi connectivity index (χ0n) is 11.9. The van der Waals surface area contributed by atoms with Crippen molar-refractivity contribution in [3.8, 4) is 5.75 Å². The normalized spacial score (nSPS) is 19.5. The summed E-state index contributed by atoms with van der Waals surface area (Å²) in [5.74, 6) is 7.39. The molecule has 0 aromatic heterocycles. The van der Waals surface area contributed by atoms with Crippen LogP contribution in [-0.4, -0.2) is 7.11 Å². The highest BCUT2D eigenvalue weighted by Crippen LogP contribution is 2.36. The number of hydrazine groups is 1. The van der Waals surface area contributed by atoms with Crippen molar-refractivity contribution in [2.75, 3.05) is 7.11 Å². The van der Waals surface area contributed by atoms with Crippen molar-refractivity contribution in [3.05, 3.63) is 29.8 Å². The second kappa shape index (κ2) is 7.51. The van der Waals surface area contributed by atoms with Crippen LogP contribution in [0.4, 0.5) is 0 Å². The molecular weight excluding hydrogens is 236 g/mol. The Bertz CT molecular complexity index is 373. The first kappa shape index (κ1) is 14.4. The van der Waals surface area contributed by atoms with Crippen LogP contribution < -0.4 is 16.0 Å². The van der Waals surface area contributed by atoms with Crippen LogP contribution in [0.3, 0.4) is 0 Å². The summed E-state index contributed by atoms with van der Waals surface area (Å²) in [4.78, 5) is 0. The molecule has 1 atom stereocenters. The highest BCUT2D eigenvalue weighted by molar-refractivity contribution is 5.36. The summed E-state index contributed by atoms with van der Waals surface area (Å²) >= 11 is 0. The average molecular weight is 262 g/mol. The maximum atomic E-state index is 5.84. The van der Waals surface area contributed by atoms with Gasteiger partial charge in [-0.2, -0.15) is 0 Å². The van der Waals surface area contributed by atoms with Crippen LogP contribution in [0.5, 0.6) is 5.75 Å². The summed E-state index contributed by atoms with van der Waals surface area (Å²) in [6, 6.07) is 8.42. The Hall–Kier alpha value is -1.06. The smallest absolute Gasteiger partial charge is 0.123 e. The third kappa shape index (κ3) is 3.71. The Balaban J connectivity index is 2.17. The van der Waals surface area contributed by atoms with Crippen LogP contribution in [-0.2, 0) is 0 Å². The molecule has 1 aromatic carbocycles. The molecule has 3 nitrogen and oxygen atoms in total. The van der Waals surface area contributed by atoms with Crippen LogP contribution >= 0.6 is 0 Å². The molecule has 3 N–H and O–H groups in total. The molecule has 2 rings (SSSR count). The summed E-state index contributed by atoms with van der Waals surface area (Å²) in [5.41, 5.74) is 4.22. The third-order valence-electron chi connectivity index (χ3n) is 4.27. The number of hydrogen-bond acceptors (Lipinski definition) is 3. The topological polar surface area (TPSA) is 47.3 Å². The number of benzene rings is 1. The highest BCUT2D eigenvalue weighted by atomic mass is 16.5. The van der Waals surface area contributed by atoms with E-state index in [0.29, 0.717) is 5.92 Å². The van der Waals surface area contributed by atoms with E-state index in [0.717, 1.165) is 5.75 Å². The maximum absolute atomic E-state index is 5.84. The van der Waals surface area contributed by atoms with Gasteiger partial charge in [0.15, 0.2) is 0 Å². The molecule has 1 fully saturated rings. The molecule has 19 heavy (non-hydrogen) atoms. The minimum atomic E-state index is 0.203. The van der Waals surface area contributed by atoms with Gasteiger partial charge in [0.2, 0.25) is 0 Å². The fourth-order valence-electron chi connectivity index (χ4n) is 3.22. The predicted octanol–water partition coefficient (Wildman–Crippen LogP) is 3.56. The van der Waals surface area contributed by atoms with Crippen molar-refractivity contribution in [2.24, 2.45) is 11.8 Å². The Morgan fingerprint density at radius 3 is 2.37 bits per heavy atom. The Morgan fingerprint density at radius 1 is 1.11 bits per heavy atom. The lowest BCUT2D eigenvalue weighted by atomic mass is 9.83. The molecule has 1 aliphatic rings. The van der Waals surface area contributed by atoms with E-state index in [1.54, 1.807) is 7.11 Å². The summed E-state index contributed by atoms with van der Waals surface area (Å²) in [5, 5.41) is 0. The molecule has 0 amide bonds. The Labute approximate surface area is 116 Å². The number of hydrogen-bond donors (Lipinski definition) is 2. The van der Waals surface area contributed by atoms with Gasteiger partial charge in [-0.1, -0.05) is 50.3 Å². The molecule has 1 saturated carbocycles. The average Bonchev–Trinajstić information content (AvgIpc) is 2.42. The standard InChI is InChI=1S/C16H26N2O/c1-19-15-12-8-7-11-14(15)16(18-17)13-9-5-3-2-4-6-10-13/h7-8,11-13,16,18H,2-6,9-10,17H2,1H3. The first-order valence-electron chi connectivity index (χ1n) is 7.46. The first-order valence-corrected chi connectivity index (χ1v) is 7.46. The number of nitrogens with one attached hydrogen (secondary N) is 1. The summed E-state index contributed by atoms with van der Waals surface area (Å²) in [6.07, 6.45) is 9.26. The van der Waals surface area contributed by atoms with E-state index in [-0.39, 0.29) is 6.04 Å². The molecule has 0 saturated heterocycles. The lowest BCUT2D eigenvalue weighted by Gasteiger charge is -2.29. The van der Waals surface area contributed by atoms with Gasteiger partial charge >= 0.3 is 0 Å². The fourth-order valence-corrected chi connectivity index (χ4v) is 3.22. The molecule has 0 aliphatic heterocycles. The third-order valence-corrected chi connectivity index (χ3v) is 4.27. The molecule has 106 valence electrons. The van der Waals surface area contributed by atoms with Gasteiger partial charge in [0.05, 0.1) is 13.2 Å². The number of nitrogens with two attached hydrogens (primary N) is 1. The monoisotopic (exact) mass is 262 g/mol. The Morgan fingerprint density at radius 2 is 1.74 bits per heavy atom. The van der Waals surface area contributed by atoms with E-state index in [2.05, 4.69) is 17.6 Å². The molecule has 0 radical (unpaired) electrons. The molecule has 1 aromatic rings. The second-order valence-corrected chi connectivity index (χ2v) is 5.49. The van der Waals surface area contributed by atoms with Gasteiger partial charge < -0.3 is 4.74 Å². The van der Waals surface area contributed by atoms with Crippen LogP contribution in [0, 0.1) is 5.92 Å². The summed E-state index contributed by atoms with van der Waals surface area (Å²) in [6.45, 7) is 0. The minimum absolute atomic E-state index is 0.203. The molecule has 1 aliphatic carbocycles. The van der Waals surface area contributed by atoms with Crippen LogP contribution in [0.2, 0.25) is 0 Å². The van der Waals surface area contributed by atoms with Crippen LogP contribution in [0.25, 0.3) is 0 Å². The lowest BCUT2D eigenvalue weighted by Crippen LogP contribution is -2.34. The van der Waals surface area contributed by atoms with Crippen LogP contribution in [0.1, 0.15) is 56.6 Å². The Kier molecular flexibility index (Phi) is 5.67. The van der Waals surface area contributed by atoms with E-state index in [1.165, 1.54) is 50.5 Å². The van der Waals surface area contributed by atoms with Gasteiger partial charge in [0.1, 0.15) is 5.75 Å². The number of para-hydroxylation sites is 1. The first-order chi connectivity index (χ1) is 9.36. The van der Waals surface area contributed by atoms with Crippen molar-refractivity contribution < 1.29 is 4.74 Å². The number of ether oxygens (including phenoxy) is 1. The fraction of sp³-hybridized carbons (Fsp3) is 0.625. The largest absolute Gasteiger partial charge is 0.496 e. The lowest BCUT2D eigenvalue weighted by molar-refractivity contribution is 0.283. The van der Waals surface area contributed by atoms with Crippen LogP contribution in [0.15, 0.2) is 24.3 Å². The molecular formula is C16H26N2O. The summed E-state index contributed by atoms with van der Waals surface area (Å²) < 4.78 is 5.48. The van der Waals surface area contributed by atoms with Gasteiger partial charge in [0, 0.05) is 5.56 Å². The predicted molar refractivity (Wildman–Crippen MR) is 78.9 cm³/mol. The molecule has 0 bridgehead atoms. The summed E-state index contributed by atoms with van der Waals surface area (Å²) in [7, 11) is 1.73. The van der Waals surface area contributed by atoms with Gasteiger partial charge in [-0.3, -0.25) is 11.3 Å². The second-order valence-electron chi connectivity index (χ2n) is 5.49. The number of rotatable bonds is 4.